The molecule has 17 heavy (non-hydrogen) atoms. The summed E-state index contributed by atoms with van der Waals surface area (Å²) >= 11 is 1.25. The molecule has 0 aliphatic heterocycles. The zero-order chi connectivity index (χ0) is 12.9. The lowest BCUT2D eigenvalue weighted by Crippen LogP contribution is -2.28. The number of hydrogen-bond donors (Lipinski definition) is 1. The number of allylic oxidation sites excluding steroid dienone is 1. The molecule has 1 aromatic rings. The maximum absolute atomic E-state index is 12.2. The van der Waals surface area contributed by atoms with E-state index in [-0.39, 0.29) is 11.5 Å². The molecule has 0 unspecified atom stereocenters. The summed E-state index contributed by atoms with van der Waals surface area (Å²) in [4.78, 5) is 0.701. The van der Waals surface area contributed by atoms with Gasteiger partial charge in [-0.3, -0.25) is 0 Å². The molecule has 0 aliphatic rings. The zero-order valence-electron chi connectivity index (χ0n) is 9.80. The lowest BCUT2D eigenvalue weighted by Gasteiger charge is -2.16. The Morgan fingerprint density at radius 1 is 1.59 bits per heavy atom. The van der Waals surface area contributed by atoms with Crippen molar-refractivity contribution in [3.8, 4) is 0 Å². The number of rotatable bonds is 7. The second-order valence-corrected chi connectivity index (χ2v) is 6.64. The molecule has 1 aromatic heterocycles. The summed E-state index contributed by atoms with van der Waals surface area (Å²) in [5, 5.41) is 10.8. The molecule has 0 saturated carbocycles. The van der Waals surface area contributed by atoms with Crippen LogP contribution in [-0.4, -0.2) is 31.4 Å². The number of nitrogens with zero attached hydrogens (tertiary/aromatic N) is 1. The Labute approximate surface area is 106 Å². The molecule has 1 rings (SSSR count). The number of aliphatic hydroxyl groups excluding tert-OH is 1. The molecule has 0 aliphatic carbocycles. The van der Waals surface area contributed by atoms with Gasteiger partial charge in [-0.25, -0.2) is 12.7 Å². The van der Waals surface area contributed by atoms with E-state index in [1.54, 1.807) is 18.5 Å². The van der Waals surface area contributed by atoms with Crippen LogP contribution in [0.1, 0.15) is 17.7 Å². The first-order chi connectivity index (χ1) is 8.04. The Hall–Kier alpha value is -0.690. The third-order valence-corrected chi connectivity index (χ3v) is 5.39. The number of thiophene rings is 1. The van der Waals surface area contributed by atoms with Crippen LogP contribution in [0.15, 0.2) is 29.0 Å². The summed E-state index contributed by atoms with van der Waals surface area (Å²) < 4.78 is 25.6. The third-order valence-electron chi connectivity index (χ3n) is 2.42. The molecule has 0 saturated heterocycles. The fourth-order valence-electron chi connectivity index (χ4n) is 1.42. The Kier molecular flexibility index (Phi) is 5.32. The largest absolute Gasteiger partial charge is 0.391 e. The van der Waals surface area contributed by atoms with E-state index in [4.69, 9.17) is 5.11 Å². The smallest absolute Gasteiger partial charge is 0.244 e. The lowest BCUT2D eigenvalue weighted by molar-refractivity contribution is 0.282. The van der Waals surface area contributed by atoms with Gasteiger partial charge in [0.05, 0.1) is 11.5 Å². The average Bonchev–Trinajstić information content (AvgIpc) is 2.77. The first-order valence-corrected chi connectivity index (χ1v) is 7.60. The average molecular weight is 275 g/mol. The van der Waals surface area contributed by atoms with Crippen LogP contribution < -0.4 is 0 Å². The molecule has 0 atom stereocenters. The quantitative estimate of drug-likeness (QED) is 0.610. The number of sulfonamides is 1. The van der Waals surface area contributed by atoms with E-state index in [1.807, 2.05) is 0 Å². The molecular formula is C11H17NO3S2. The maximum Gasteiger partial charge on any atom is 0.244 e. The predicted octanol–water partition coefficient (Wildman–Crippen LogP) is 1.83. The van der Waals surface area contributed by atoms with Crippen LogP contribution in [0, 0.1) is 0 Å². The highest BCUT2D eigenvalue weighted by Gasteiger charge is 2.23. The van der Waals surface area contributed by atoms with Crippen LogP contribution in [0.5, 0.6) is 0 Å². The van der Waals surface area contributed by atoms with E-state index in [9.17, 15) is 8.42 Å². The number of hydrogen-bond acceptors (Lipinski definition) is 4. The van der Waals surface area contributed by atoms with E-state index in [0.29, 0.717) is 11.4 Å². The predicted molar refractivity (Wildman–Crippen MR) is 69.5 cm³/mol. The van der Waals surface area contributed by atoms with E-state index in [1.165, 1.54) is 21.7 Å². The van der Waals surface area contributed by atoms with Crippen molar-refractivity contribution < 1.29 is 13.5 Å². The first-order valence-electron chi connectivity index (χ1n) is 5.28. The molecular weight excluding hydrogens is 258 g/mol. The normalized spacial score (nSPS) is 11.9. The lowest BCUT2D eigenvalue weighted by atomic mass is 10.3. The standard InChI is InChI=1S/C11H17NO3S2/c1-3-4-5-7-12(2)17(14,15)11-6-8-16-10(11)9-13/h3,6,8,13H,1,4-5,7,9H2,2H3. The van der Waals surface area contributed by atoms with Crippen LogP contribution in [0.2, 0.25) is 0 Å². The van der Waals surface area contributed by atoms with Gasteiger partial charge in [-0.05, 0) is 24.3 Å². The summed E-state index contributed by atoms with van der Waals surface area (Å²) in [5.41, 5.74) is 0. The minimum atomic E-state index is -3.47. The molecule has 0 radical (unpaired) electrons. The van der Waals surface area contributed by atoms with Gasteiger partial charge in [-0.2, -0.15) is 0 Å². The van der Waals surface area contributed by atoms with Crippen molar-refractivity contribution in [3.05, 3.63) is 29.0 Å². The fraction of sp³-hybridized carbons (Fsp3) is 0.455. The van der Waals surface area contributed by atoms with Gasteiger partial charge in [0.1, 0.15) is 0 Å². The molecule has 4 nitrogen and oxygen atoms in total. The van der Waals surface area contributed by atoms with Crippen molar-refractivity contribution in [1.82, 2.24) is 4.31 Å². The van der Waals surface area contributed by atoms with Crippen molar-refractivity contribution in [2.75, 3.05) is 13.6 Å². The number of aliphatic hydroxyl groups is 1. The van der Waals surface area contributed by atoms with Gasteiger partial charge >= 0.3 is 0 Å². The van der Waals surface area contributed by atoms with Gasteiger partial charge in [0.2, 0.25) is 10.0 Å². The van der Waals surface area contributed by atoms with Crippen molar-refractivity contribution in [2.24, 2.45) is 0 Å². The summed E-state index contributed by atoms with van der Waals surface area (Å²) in [7, 11) is -1.92. The van der Waals surface area contributed by atoms with Crippen molar-refractivity contribution >= 4 is 21.4 Å². The summed E-state index contributed by atoms with van der Waals surface area (Å²) in [5.74, 6) is 0. The highest BCUT2D eigenvalue weighted by Crippen LogP contribution is 2.24. The molecule has 0 bridgehead atoms. The van der Waals surface area contributed by atoms with E-state index >= 15 is 0 Å². The Morgan fingerprint density at radius 2 is 2.29 bits per heavy atom. The van der Waals surface area contributed by atoms with E-state index in [0.717, 1.165) is 12.8 Å². The molecule has 0 amide bonds. The third kappa shape index (κ3) is 3.38. The molecule has 0 aromatic carbocycles. The van der Waals surface area contributed by atoms with E-state index < -0.39 is 10.0 Å². The highest BCUT2D eigenvalue weighted by atomic mass is 32.2. The SMILES string of the molecule is C=CCCCN(C)S(=O)(=O)c1ccsc1CO. The van der Waals surface area contributed by atoms with Gasteiger partial charge in [0.25, 0.3) is 0 Å². The molecule has 6 heteroatoms. The Bertz CT molecular complexity index is 465. The molecule has 96 valence electrons. The second kappa shape index (κ2) is 6.30. The zero-order valence-corrected chi connectivity index (χ0v) is 11.4. The molecule has 1 heterocycles. The van der Waals surface area contributed by atoms with Crippen LogP contribution >= 0.6 is 11.3 Å². The maximum atomic E-state index is 12.2. The topological polar surface area (TPSA) is 57.6 Å². The van der Waals surface area contributed by atoms with E-state index in [2.05, 4.69) is 6.58 Å². The van der Waals surface area contributed by atoms with Crippen LogP contribution in [0.25, 0.3) is 0 Å². The molecule has 0 spiro atoms. The van der Waals surface area contributed by atoms with Gasteiger partial charge in [0, 0.05) is 18.5 Å². The van der Waals surface area contributed by atoms with Crippen LogP contribution in [0.4, 0.5) is 0 Å². The summed E-state index contributed by atoms with van der Waals surface area (Å²) in [6.07, 6.45) is 3.30. The van der Waals surface area contributed by atoms with Crippen molar-refractivity contribution in [3.63, 3.8) is 0 Å². The molecule has 1 N–H and O–H groups in total. The van der Waals surface area contributed by atoms with Crippen molar-refractivity contribution in [1.29, 1.82) is 0 Å². The van der Waals surface area contributed by atoms with Gasteiger partial charge < -0.3 is 5.11 Å². The van der Waals surface area contributed by atoms with Crippen LogP contribution in [-0.2, 0) is 16.6 Å². The molecule has 0 fully saturated rings. The minimum absolute atomic E-state index is 0.214. The first kappa shape index (κ1) is 14.4. The Morgan fingerprint density at radius 3 is 2.88 bits per heavy atom. The van der Waals surface area contributed by atoms with Gasteiger partial charge in [0.15, 0.2) is 0 Å². The second-order valence-electron chi connectivity index (χ2n) is 3.62. The fourth-order valence-corrected chi connectivity index (χ4v) is 3.89. The Balaban J connectivity index is 2.83. The highest BCUT2D eigenvalue weighted by molar-refractivity contribution is 7.89. The van der Waals surface area contributed by atoms with Gasteiger partial charge in [-0.1, -0.05) is 6.08 Å². The summed E-state index contributed by atoms with van der Waals surface area (Å²) in [6, 6.07) is 1.54. The minimum Gasteiger partial charge on any atom is -0.391 e. The number of unbranched alkanes of at least 4 members (excludes halogenated alkanes) is 1. The summed E-state index contributed by atoms with van der Waals surface area (Å²) in [6.45, 7) is 3.81. The van der Waals surface area contributed by atoms with Gasteiger partial charge in [-0.15, -0.1) is 17.9 Å². The van der Waals surface area contributed by atoms with Crippen LogP contribution in [0.3, 0.4) is 0 Å². The monoisotopic (exact) mass is 275 g/mol. The van der Waals surface area contributed by atoms with Crippen molar-refractivity contribution in [2.45, 2.75) is 24.3 Å².